The number of benzene rings is 2. The van der Waals surface area contributed by atoms with Gasteiger partial charge in [-0.2, -0.15) is 13.2 Å². The van der Waals surface area contributed by atoms with Crippen molar-refractivity contribution >= 4 is 38.3 Å². The van der Waals surface area contributed by atoms with E-state index in [1.54, 1.807) is 31.2 Å². The van der Waals surface area contributed by atoms with Crippen LogP contribution >= 0.6 is 15.9 Å². The Balaban J connectivity index is 1.98. The second-order valence-corrected chi connectivity index (χ2v) is 9.02. The predicted molar refractivity (Wildman–Crippen MR) is 116 cm³/mol. The lowest BCUT2D eigenvalue weighted by molar-refractivity contribution is -0.254. The molecule has 170 valence electrons. The van der Waals surface area contributed by atoms with E-state index >= 15 is 0 Å². The summed E-state index contributed by atoms with van der Waals surface area (Å²) in [5.41, 5.74) is -4.81. The van der Waals surface area contributed by atoms with Gasteiger partial charge in [0.15, 0.2) is 0 Å². The van der Waals surface area contributed by atoms with E-state index in [-0.39, 0.29) is 11.1 Å². The number of aromatic nitrogens is 1. The summed E-state index contributed by atoms with van der Waals surface area (Å²) in [5.74, 6) is -1.63. The minimum Gasteiger partial charge on any atom is -0.373 e. The van der Waals surface area contributed by atoms with Crippen LogP contribution < -0.4 is 10.9 Å². The molecule has 0 saturated carbocycles. The van der Waals surface area contributed by atoms with Gasteiger partial charge in [0.05, 0.1) is 11.1 Å². The number of nitrogens with one attached hydrogen (secondary N) is 1. The van der Waals surface area contributed by atoms with E-state index in [1.165, 1.54) is 32.0 Å². The zero-order valence-corrected chi connectivity index (χ0v) is 19.0. The molecular formula is C22H20BrF3N2O4. The fraction of sp³-hybridized carbons (Fsp3) is 0.318. The highest BCUT2D eigenvalue weighted by Gasteiger charge is 2.61. The Bertz CT molecular complexity index is 1240. The summed E-state index contributed by atoms with van der Waals surface area (Å²) in [5, 5.41) is 16.8. The highest BCUT2D eigenvalue weighted by Crippen LogP contribution is 2.43. The third-order valence-corrected chi connectivity index (χ3v) is 5.99. The van der Waals surface area contributed by atoms with Crippen molar-refractivity contribution in [3.63, 3.8) is 0 Å². The van der Waals surface area contributed by atoms with Gasteiger partial charge in [0.1, 0.15) is 0 Å². The molecular weight excluding hydrogens is 493 g/mol. The fourth-order valence-electron chi connectivity index (χ4n) is 3.60. The van der Waals surface area contributed by atoms with E-state index in [0.717, 1.165) is 0 Å². The van der Waals surface area contributed by atoms with Crippen LogP contribution in [0.25, 0.3) is 10.8 Å². The minimum atomic E-state index is -5.25. The lowest BCUT2D eigenvalue weighted by atomic mass is 9.74. The van der Waals surface area contributed by atoms with Gasteiger partial charge in [0.25, 0.3) is 5.91 Å². The standard InChI is InChI=1S/C22H20BrF3N2O4/c1-12-15-10-13(8-9-14(15)18(29)32-28-12)27-19(30)21(31,22(24,25)26)11-20(2,3)16-6-4-5-7-17(16)23/h4-10,31H,11H2,1-3H3,(H,27,30). The molecule has 0 aliphatic heterocycles. The zero-order valence-electron chi connectivity index (χ0n) is 17.4. The first-order valence-electron chi connectivity index (χ1n) is 9.52. The molecule has 3 rings (SSSR count). The maximum Gasteiger partial charge on any atom is 0.426 e. The average Bonchev–Trinajstić information content (AvgIpc) is 2.70. The number of alkyl halides is 3. The fourth-order valence-corrected chi connectivity index (χ4v) is 4.42. The molecule has 2 aromatic carbocycles. The van der Waals surface area contributed by atoms with Crippen LogP contribution in [0, 0.1) is 6.92 Å². The second kappa shape index (κ2) is 8.32. The third-order valence-electron chi connectivity index (χ3n) is 5.30. The van der Waals surface area contributed by atoms with E-state index in [2.05, 4.69) is 30.9 Å². The molecule has 3 aromatic rings. The summed E-state index contributed by atoms with van der Waals surface area (Å²) >= 11 is 3.31. The van der Waals surface area contributed by atoms with Crippen LogP contribution in [0.1, 0.15) is 31.5 Å². The molecule has 32 heavy (non-hydrogen) atoms. The quantitative estimate of drug-likeness (QED) is 0.509. The van der Waals surface area contributed by atoms with Crippen molar-refractivity contribution in [1.29, 1.82) is 0 Å². The van der Waals surface area contributed by atoms with Crippen molar-refractivity contribution in [2.75, 3.05) is 5.32 Å². The van der Waals surface area contributed by atoms with Crippen LogP contribution in [-0.2, 0) is 10.2 Å². The van der Waals surface area contributed by atoms with Crippen molar-refractivity contribution in [3.8, 4) is 0 Å². The van der Waals surface area contributed by atoms with Crippen LogP contribution in [0.2, 0.25) is 0 Å². The molecule has 1 atom stereocenters. The van der Waals surface area contributed by atoms with Crippen molar-refractivity contribution < 1.29 is 27.6 Å². The van der Waals surface area contributed by atoms with E-state index in [0.29, 0.717) is 21.1 Å². The first kappa shape index (κ1) is 23.9. The monoisotopic (exact) mass is 512 g/mol. The Morgan fingerprint density at radius 2 is 1.81 bits per heavy atom. The number of anilines is 1. The number of carbonyl (C=O) groups is 1. The van der Waals surface area contributed by atoms with Gasteiger partial charge in [-0.05, 0) is 42.2 Å². The number of aryl methyl sites for hydroxylation is 1. The number of halogens is 4. The molecule has 2 N–H and O–H groups in total. The largest absolute Gasteiger partial charge is 0.426 e. The van der Waals surface area contributed by atoms with Gasteiger partial charge in [-0.1, -0.05) is 53.1 Å². The summed E-state index contributed by atoms with van der Waals surface area (Å²) in [6.45, 7) is 4.58. The van der Waals surface area contributed by atoms with E-state index in [9.17, 15) is 27.9 Å². The van der Waals surface area contributed by atoms with Crippen LogP contribution in [0.5, 0.6) is 0 Å². The van der Waals surface area contributed by atoms with Gasteiger partial charge in [0, 0.05) is 22.0 Å². The van der Waals surface area contributed by atoms with E-state index in [1.807, 2.05) is 0 Å². The van der Waals surface area contributed by atoms with Gasteiger partial charge < -0.3 is 14.9 Å². The predicted octanol–water partition coefficient (Wildman–Crippen LogP) is 4.86. The highest BCUT2D eigenvalue weighted by atomic mass is 79.9. The van der Waals surface area contributed by atoms with Crippen LogP contribution in [0.15, 0.2) is 56.3 Å². The van der Waals surface area contributed by atoms with Gasteiger partial charge in [-0.25, -0.2) is 4.79 Å². The van der Waals surface area contributed by atoms with Crippen molar-refractivity contribution in [3.05, 3.63) is 68.6 Å². The minimum absolute atomic E-state index is 0.0284. The van der Waals surface area contributed by atoms with Crippen LogP contribution in [-0.4, -0.2) is 27.9 Å². The molecule has 0 aliphatic carbocycles. The highest BCUT2D eigenvalue weighted by molar-refractivity contribution is 9.10. The zero-order chi connectivity index (χ0) is 23.9. The Morgan fingerprint density at radius 3 is 2.44 bits per heavy atom. The first-order valence-corrected chi connectivity index (χ1v) is 10.3. The van der Waals surface area contributed by atoms with Crippen molar-refractivity contribution in [2.45, 2.75) is 44.4 Å². The Labute approximate surface area is 189 Å². The molecule has 1 aromatic heterocycles. The number of rotatable bonds is 5. The van der Waals surface area contributed by atoms with E-state index < -0.39 is 35.1 Å². The molecule has 0 bridgehead atoms. The van der Waals surface area contributed by atoms with Crippen molar-refractivity contribution in [2.24, 2.45) is 0 Å². The van der Waals surface area contributed by atoms with Crippen molar-refractivity contribution in [1.82, 2.24) is 5.16 Å². The number of aliphatic hydroxyl groups is 1. The summed E-state index contributed by atoms with van der Waals surface area (Å²) in [6, 6.07) is 10.5. The first-order chi connectivity index (χ1) is 14.8. The molecule has 0 aliphatic rings. The molecule has 0 fully saturated rings. The number of amides is 1. The summed E-state index contributed by atoms with van der Waals surface area (Å²) in [6.07, 6.45) is -6.17. The molecule has 0 radical (unpaired) electrons. The number of hydrogen-bond donors (Lipinski definition) is 2. The van der Waals surface area contributed by atoms with Crippen LogP contribution in [0.3, 0.4) is 0 Å². The maximum absolute atomic E-state index is 14.0. The van der Waals surface area contributed by atoms with Gasteiger partial charge in [0.2, 0.25) is 5.60 Å². The Morgan fingerprint density at radius 1 is 1.16 bits per heavy atom. The van der Waals surface area contributed by atoms with Gasteiger partial charge in [-0.15, -0.1) is 0 Å². The molecule has 6 nitrogen and oxygen atoms in total. The summed E-state index contributed by atoms with van der Waals surface area (Å²) in [7, 11) is 0. The summed E-state index contributed by atoms with van der Waals surface area (Å²) in [4.78, 5) is 24.5. The number of hydrogen-bond acceptors (Lipinski definition) is 5. The topological polar surface area (TPSA) is 92.4 Å². The Kier molecular flexibility index (Phi) is 6.23. The number of fused-ring (bicyclic) bond motifs is 1. The maximum atomic E-state index is 14.0. The molecule has 1 amide bonds. The Hall–Kier alpha value is -2.72. The smallest absolute Gasteiger partial charge is 0.373 e. The SMILES string of the molecule is Cc1noc(=O)c2ccc(NC(=O)C(O)(CC(C)(C)c3ccccc3Br)C(F)(F)F)cc12. The van der Waals surface area contributed by atoms with E-state index in [4.69, 9.17) is 0 Å². The molecule has 0 saturated heterocycles. The van der Waals surface area contributed by atoms with Gasteiger partial charge >= 0.3 is 11.8 Å². The second-order valence-electron chi connectivity index (χ2n) is 8.17. The lowest BCUT2D eigenvalue weighted by Crippen LogP contribution is -2.57. The third kappa shape index (κ3) is 4.42. The molecule has 1 unspecified atom stereocenters. The summed E-state index contributed by atoms with van der Waals surface area (Å²) < 4.78 is 47.1. The van der Waals surface area contributed by atoms with Crippen LogP contribution in [0.4, 0.5) is 18.9 Å². The molecule has 1 heterocycles. The number of carbonyl (C=O) groups excluding carboxylic acids is 1. The van der Waals surface area contributed by atoms with Gasteiger partial charge in [-0.3, -0.25) is 4.79 Å². The molecule has 10 heteroatoms. The lowest BCUT2D eigenvalue weighted by Gasteiger charge is -2.37. The number of nitrogens with zero attached hydrogens (tertiary/aromatic N) is 1. The molecule has 0 spiro atoms. The normalized spacial score (nSPS) is 14.2. The average molecular weight is 513 g/mol.